The first-order chi connectivity index (χ1) is 13.5. The monoisotopic (exact) mass is 393 g/mol. The number of carbonyl (C=O) groups excluding carboxylic acids is 1. The molecule has 28 heavy (non-hydrogen) atoms. The third kappa shape index (κ3) is 3.44. The van der Waals surface area contributed by atoms with Crippen LogP contribution in [0.3, 0.4) is 0 Å². The highest BCUT2D eigenvalue weighted by Crippen LogP contribution is 2.43. The van der Waals surface area contributed by atoms with E-state index in [-0.39, 0.29) is 5.91 Å². The van der Waals surface area contributed by atoms with E-state index < -0.39 is 5.41 Å². The molecule has 3 aromatic rings. The molecule has 0 atom stereocenters. The Kier molecular flexibility index (Phi) is 5.19. The average Bonchev–Trinajstić information content (AvgIpc) is 3.18. The highest BCUT2D eigenvalue weighted by Gasteiger charge is 2.43. The zero-order valence-corrected chi connectivity index (χ0v) is 17.6. The van der Waals surface area contributed by atoms with E-state index in [4.69, 9.17) is 4.98 Å². The Hall–Kier alpha value is -2.27. The minimum Gasteiger partial charge on any atom is -0.341 e. The van der Waals surface area contributed by atoms with Crippen LogP contribution in [0.25, 0.3) is 11.0 Å². The first-order valence-electron chi connectivity index (χ1n) is 10.0. The van der Waals surface area contributed by atoms with Crippen molar-refractivity contribution >= 4 is 34.4 Å². The van der Waals surface area contributed by atoms with Gasteiger partial charge >= 0.3 is 0 Å². The lowest BCUT2D eigenvalue weighted by molar-refractivity contribution is -0.122. The van der Waals surface area contributed by atoms with Crippen molar-refractivity contribution in [3.8, 4) is 0 Å². The Bertz CT molecular complexity index is 994. The predicted octanol–water partition coefficient (Wildman–Crippen LogP) is 5.67. The first kappa shape index (κ1) is 19.1. The number of hydrogen-bond acceptors (Lipinski definition) is 3. The van der Waals surface area contributed by atoms with Gasteiger partial charge in [0.1, 0.15) is 5.82 Å². The van der Waals surface area contributed by atoms with E-state index in [1.54, 1.807) is 11.8 Å². The number of thioether (sulfide) groups is 1. The summed E-state index contributed by atoms with van der Waals surface area (Å²) < 4.78 is 0. The van der Waals surface area contributed by atoms with Crippen molar-refractivity contribution in [2.24, 2.45) is 0 Å². The molecule has 1 aliphatic heterocycles. The largest absolute Gasteiger partial charge is 0.341 e. The van der Waals surface area contributed by atoms with Crippen LogP contribution in [0.2, 0.25) is 0 Å². The quantitative estimate of drug-likeness (QED) is 0.416. The normalized spacial score (nSPS) is 15.4. The number of anilines is 1. The van der Waals surface area contributed by atoms with E-state index in [1.807, 2.05) is 24.8 Å². The number of rotatable bonds is 7. The molecule has 1 aromatic heterocycles. The van der Waals surface area contributed by atoms with E-state index in [2.05, 4.69) is 48.3 Å². The van der Waals surface area contributed by atoms with E-state index in [1.165, 1.54) is 4.90 Å². The number of amides is 1. The van der Waals surface area contributed by atoms with Gasteiger partial charge in [0.05, 0.1) is 27.9 Å². The maximum Gasteiger partial charge on any atom is 0.237 e. The number of aromatic nitrogens is 2. The van der Waals surface area contributed by atoms with Gasteiger partial charge in [0.25, 0.3) is 0 Å². The number of hydrogen-bond donors (Lipinski definition) is 1. The number of H-pyrrole nitrogens is 1. The van der Waals surface area contributed by atoms with Crippen molar-refractivity contribution in [3.05, 3.63) is 53.9 Å². The Morgan fingerprint density at radius 2 is 1.93 bits per heavy atom. The molecule has 4 nitrogen and oxygen atoms in total. The topological polar surface area (TPSA) is 49.0 Å². The molecule has 5 heteroatoms. The number of nitrogens with zero attached hydrogens (tertiary/aromatic N) is 2. The standard InChI is InChI=1S/C23H27N3OS/c1-4-5-9-12-26-20-14-19-18(13-17(20)23(2,3)22(26)27)24-21(25-19)15-28-16-10-7-6-8-11-16/h6-8,10-11,13-14H,4-5,9,12,15H2,1-3H3,(H,24,25). The highest BCUT2D eigenvalue weighted by molar-refractivity contribution is 7.98. The second-order valence-electron chi connectivity index (χ2n) is 7.96. The number of unbranched alkanes of at least 4 members (excludes halogenated alkanes) is 2. The van der Waals surface area contributed by atoms with Gasteiger partial charge in [-0.05, 0) is 50.1 Å². The fourth-order valence-electron chi connectivity index (χ4n) is 3.86. The van der Waals surface area contributed by atoms with Crippen molar-refractivity contribution in [1.82, 2.24) is 9.97 Å². The predicted molar refractivity (Wildman–Crippen MR) is 117 cm³/mol. The molecule has 0 unspecified atom stereocenters. The van der Waals surface area contributed by atoms with E-state index in [9.17, 15) is 4.79 Å². The molecule has 0 radical (unpaired) electrons. The van der Waals surface area contributed by atoms with Crippen molar-refractivity contribution in [3.63, 3.8) is 0 Å². The van der Waals surface area contributed by atoms with Crippen LogP contribution in [-0.2, 0) is 16.0 Å². The van der Waals surface area contributed by atoms with Crippen LogP contribution in [0.15, 0.2) is 47.4 Å². The Labute approximate surface area is 170 Å². The molecule has 0 bridgehead atoms. The maximum absolute atomic E-state index is 13.0. The summed E-state index contributed by atoms with van der Waals surface area (Å²) in [5.74, 6) is 1.96. The molecular weight excluding hydrogens is 366 g/mol. The van der Waals surface area contributed by atoms with Gasteiger partial charge in [-0.25, -0.2) is 4.98 Å². The van der Waals surface area contributed by atoms with Gasteiger partial charge in [0.2, 0.25) is 5.91 Å². The number of aromatic amines is 1. The smallest absolute Gasteiger partial charge is 0.237 e. The van der Waals surface area contributed by atoms with Gasteiger partial charge in [0.15, 0.2) is 0 Å². The van der Waals surface area contributed by atoms with Crippen LogP contribution in [0.5, 0.6) is 0 Å². The summed E-state index contributed by atoms with van der Waals surface area (Å²) in [5, 5.41) is 0. The second kappa shape index (κ2) is 7.63. The summed E-state index contributed by atoms with van der Waals surface area (Å²) in [6, 6.07) is 14.6. The highest BCUT2D eigenvalue weighted by atomic mass is 32.2. The van der Waals surface area contributed by atoms with Gasteiger partial charge in [-0.15, -0.1) is 11.8 Å². The van der Waals surface area contributed by atoms with Crippen LogP contribution in [0.1, 0.15) is 51.4 Å². The van der Waals surface area contributed by atoms with Gasteiger partial charge in [-0.3, -0.25) is 4.79 Å². The molecule has 0 saturated carbocycles. The minimum absolute atomic E-state index is 0.200. The molecule has 0 aliphatic carbocycles. The van der Waals surface area contributed by atoms with Gasteiger partial charge < -0.3 is 9.88 Å². The first-order valence-corrected chi connectivity index (χ1v) is 11.0. The number of carbonyl (C=O) groups is 1. The molecular formula is C23H27N3OS. The molecule has 2 aromatic carbocycles. The van der Waals surface area contributed by atoms with Crippen LogP contribution in [0, 0.1) is 0 Å². The summed E-state index contributed by atoms with van der Waals surface area (Å²) in [6.07, 6.45) is 3.34. The van der Waals surface area contributed by atoms with Gasteiger partial charge in [-0.1, -0.05) is 38.0 Å². The number of benzene rings is 2. The molecule has 4 rings (SSSR count). The molecule has 1 amide bonds. The molecule has 0 spiro atoms. The second-order valence-corrected chi connectivity index (χ2v) is 9.01. The summed E-state index contributed by atoms with van der Waals surface area (Å²) in [6.45, 7) is 7.03. The summed E-state index contributed by atoms with van der Waals surface area (Å²) in [5.41, 5.74) is 3.60. The Balaban J connectivity index is 1.62. The zero-order chi connectivity index (χ0) is 19.7. The minimum atomic E-state index is -0.492. The fraction of sp³-hybridized carbons (Fsp3) is 0.391. The Morgan fingerprint density at radius 1 is 1.14 bits per heavy atom. The molecule has 146 valence electrons. The van der Waals surface area contributed by atoms with Gasteiger partial charge in [-0.2, -0.15) is 0 Å². The van der Waals surface area contributed by atoms with E-state index in [0.29, 0.717) is 0 Å². The van der Waals surface area contributed by atoms with Crippen molar-refractivity contribution in [1.29, 1.82) is 0 Å². The van der Waals surface area contributed by atoms with E-state index in [0.717, 1.165) is 59.7 Å². The van der Waals surface area contributed by atoms with Crippen LogP contribution >= 0.6 is 11.8 Å². The van der Waals surface area contributed by atoms with Crippen LogP contribution in [0.4, 0.5) is 5.69 Å². The SMILES string of the molecule is CCCCCN1C(=O)C(C)(C)c2cc3nc(CSc4ccccc4)[nH]c3cc21. The summed E-state index contributed by atoms with van der Waals surface area (Å²) >= 11 is 1.77. The zero-order valence-electron chi connectivity index (χ0n) is 16.8. The molecule has 1 N–H and O–H groups in total. The lowest BCUT2D eigenvalue weighted by atomic mass is 9.86. The van der Waals surface area contributed by atoms with Crippen molar-refractivity contribution in [2.45, 2.75) is 56.1 Å². The summed E-state index contributed by atoms with van der Waals surface area (Å²) in [7, 11) is 0. The molecule has 0 saturated heterocycles. The number of imidazole rings is 1. The molecule has 1 aliphatic rings. The molecule has 2 heterocycles. The maximum atomic E-state index is 13.0. The summed E-state index contributed by atoms with van der Waals surface area (Å²) in [4.78, 5) is 24.5. The van der Waals surface area contributed by atoms with Gasteiger partial charge in [0, 0.05) is 11.4 Å². The van der Waals surface area contributed by atoms with Crippen LogP contribution < -0.4 is 4.90 Å². The Morgan fingerprint density at radius 3 is 2.68 bits per heavy atom. The third-order valence-electron chi connectivity index (χ3n) is 5.50. The van der Waals surface area contributed by atoms with E-state index >= 15 is 0 Å². The van der Waals surface area contributed by atoms with Crippen molar-refractivity contribution in [2.75, 3.05) is 11.4 Å². The molecule has 0 fully saturated rings. The van der Waals surface area contributed by atoms with Crippen LogP contribution in [-0.4, -0.2) is 22.4 Å². The fourth-order valence-corrected chi connectivity index (χ4v) is 4.65. The number of fused-ring (bicyclic) bond motifs is 2. The lowest BCUT2D eigenvalue weighted by Gasteiger charge is -2.20. The average molecular weight is 394 g/mol. The third-order valence-corrected chi connectivity index (χ3v) is 6.52. The lowest BCUT2D eigenvalue weighted by Crippen LogP contribution is -2.36. The van der Waals surface area contributed by atoms with Crippen molar-refractivity contribution < 1.29 is 4.79 Å². The number of nitrogens with one attached hydrogen (secondary N) is 1.